The minimum atomic E-state index is -1.07. The first kappa shape index (κ1) is 17.5. The normalized spacial score (nSPS) is 16.4. The third-order valence-corrected chi connectivity index (χ3v) is 3.76. The van der Waals surface area contributed by atoms with Gasteiger partial charge in [0.1, 0.15) is 4.75 Å². The minimum Gasteiger partial charge on any atom is -0.598 e. The second-order valence-electron chi connectivity index (χ2n) is 5.37. The summed E-state index contributed by atoms with van der Waals surface area (Å²) in [6, 6.07) is 0.0434. The molecule has 0 amide bonds. The molecule has 0 saturated carbocycles. The van der Waals surface area contributed by atoms with Crippen molar-refractivity contribution < 1.29 is 4.55 Å². The highest BCUT2D eigenvalue weighted by Crippen LogP contribution is 2.14. The molecule has 0 bridgehead atoms. The first-order valence-electron chi connectivity index (χ1n) is 6.17. The number of nitrogens with one attached hydrogen (secondary N) is 1. The van der Waals surface area contributed by atoms with Crippen molar-refractivity contribution in [1.82, 2.24) is 9.62 Å². The van der Waals surface area contributed by atoms with Crippen LogP contribution in [-0.4, -0.2) is 40.9 Å². The van der Waals surface area contributed by atoms with Gasteiger partial charge in [0.15, 0.2) is 0 Å². The van der Waals surface area contributed by atoms with Crippen molar-refractivity contribution >= 4 is 11.4 Å². The average Bonchev–Trinajstić information content (AvgIpc) is 2.22. The first-order chi connectivity index (χ1) is 8.27. The molecule has 0 aliphatic carbocycles. The molecule has 0 rings (SSSR count). The summed E-state index contributed by atoms with van der Waals surface area (Å²) in [4.78, 5) is 1.96. The Morgan fingerprint density at radius 3 is 2.39 bits per heavy atom. The van der Waals surface area contributed by atoms with Crippen LogP contribution in [0.15, 0.2) is 24.4 Å². The van der Waals surface area contributed by atoms with Crippen LogP contribution in [0, 0.1) is 0 Å². The van der Waals surface area contributed by atoms with Gasteiger partial charge in [0.2, 0.25) is 0 Å². The Labute approximate surface area is 115 Å². The van der Waals surface area contributed by atoms with E-state index in [4.69, 9.17) is 5.73 Å². The van der Waals surface area contributed by atoms with Crippen LogP contribution in [0.4, 0.5) is 0 Å². The molecule has 106 valence electrons. The van der Waals surface area contributed by atoms with Gasteiger partial charge in [-0.15, -0.1) is 4.72 Å². The lowest BCUT2D eigenvalue weighted by atomic mass is 10.2. The molecule has 18 heavy (non-hydrogen) atoms. The van der Waals surface area contributed by atoms with Gasteiger partial charge >= 0.3 is 0 Å². The molecule has 0 aromatic heterocycles. The van der Waals surface area contributed by atoms with Crippen LogP contribution in [-0.2, 0) is 11.4 Å². The van der Waals surface area contributed by atoms with Crippen LogP contribution in [0.25, 0.3) is 0 Å². The van der Waals surface area contributed by atoms with E-state index in [-0.39, 0.29) is 10.8 Å². The molecule has 0 aliphatic rings. The minimum absolute atomic E-state index is 0.0434. The van der Waals surface area contributed by atoms with Crippen LogP contribution >= 0.6 is 0 Å². The van der Waals surface area contributed by atoms with E-state index in [1.165, 1.54) is 0 Å². The number of nitrogens with two attached hydrogens (primary N) is 1. The van der Waals surface area contributed by atoms with Crippen LogP contribution in [0.1, 0.15) is 27.2 Å². The zero-order chi connectivity index (χ0) is 14.2. The third kappa shape index (κ3) is 8.58. The fourth-order valence-corrected chi connectivity index (χ4v) is 1.93. The zero-order valence-electron chi connectivity index (χ0n) is 12.1. The lowest BCUT2D eigenvalue weighted by molar-refractivity contribution is 0.530. The van der Waals surface area contributed by atoms with Gasteiger partial charge in [-0.2, -0.15) is 0 Å². The number of nitrogens with zero attached hydrogens (tertiary/aromatic N) is 1. The maximum atomic E-state index is 12.0. The van der Waals surface area contributed by atoms with E-state index in [1.54, 1.807) is 0 Å². The lowest BCUT2D eigenvalue weighted by Crippen LogP contribution is -2.44. The largest absolute Gasteiger partial charge is 0.598 e. The number of rotatable bonds is 7. The Morgan fingerprint density at radius 2 is 1.94 bits per heavy atom. The smallest absolute Gasteiger partial charge is 0.136 e. The van der Waals surface area contributed by atoms with E-state index in [0.29, 0.717) is 6.54 Å². The van der Waals surface area contributed by atoms with Crippen molar-refractivity contribution in [3.05, 3.63) is 24.4 Å². The number of hydrogen-bond donors (Lipinski definition) is 2. The Kier molecular flexibility index (Phi) is 8.35. The molecule has 0 aliphatic heterocycles. The highest BCUT2D eigenvalue weighted by Gasteiger charge is 2.28. The van der Waals surface area contributed by atoms with Gasteiger partial charge in [-0.25, -0.2) is 0 Å². The quantitative estimate of drug-likeness (QED) is 0.543. The average molecular weight is 273 g/mol. The van der Waals surface area contributed by atoms with Gasteiger partial charge in [0.05, 0.1) is 6.04 Å². The van der Waals surface area contributed by atoms with Gasteiger partial charge in [-0.1, -0.05) is 12.2 Å². The van der Waals surface area contributed by atoms with Crippen molar-refractivity contribution in [1.29, 1.82) is 0 Å². The summed E-state index contributed by atoms with van der Waals surface area (Å²) in [7, 11) is 3.93. The lowest BCUT2D eigenvalue weighted by Gasteiger charge is -2.26. The molecule has 0 spiro atoms. The first-order valence-corrected chi connectivity index (χ1v) is 7.32. The highest BCUT2D eigenvalue weighted by molar-refractivity contribution is 7.90. The van der Waals surface area contributed by atoms with Crippen LogP contribution < -0.4 is 10.5 Å². The van der Waals surface area contributed by atoms with E-state index < -0.39 is 11.4 Å². The van der Waals surface area contributed by atoms with E-state index in [0.717, 1.165) is 6.42 Å². The van der Waals surface area contributed by atoms with E-state index in [2.05, 4.69) is 4.72 Å². The topological polar surface area (TPSA) is 64.3 Å². The molecule has 3 N–H and O–H groups in total. The maximum Gasteiger partial charge on any atom is 0.136 e. The van der Waals surface area contributed by atoms with Crippen molar-refractivity contribution in [3.63, 3.8) is 0 Å². The molecule has 1 unspecified atom stereocenters. The van der Waals surface area contributed by atoms with Crippen molar-refractivity contribution in [3.8, 4) is 0 Å². The molecule has 4 nitrogen and oxygen atoms in total. The summed E-state index contributed by atoms with van der Waals surface area (Å²) in [5.41, 5.74) is 5.57. The summed E-state index contributed by atoms with van der Waals surface area (Å²) in [6.45, 7) is 6.42. The summed E-state index contributed by atoms with van der Waals surface area (Å²) in [5, 5.41) is 0. The molecule has 0 fully saturated rings. The molecular formula is C13H27N3OS. The van der Waals surface area contributed by atoms with Crippen LogP contribution in [0.5, 0.6) is 0 Å². The molecule has 0 radical (unpaired) electrons. The summed E-state index contributed by atoms with van der Waals surface area (Å²) in [6.07, 6.45) is 8.62. The predicted molar refractivity (Wildman–Crippen MR) is 80.5 cm³/mol. The Morgan fingerprint density at radius 1 is 1.33 bits per heavy atom. The second kappa shape index (κ2) is 8.58. The Balaban J connectivity index is 4.39. The number of hydrogen-bond acceptors (Lipinski definition) is 4. The highest BCUT2D eigenvalue weighted by atomic mass is 32.2. The van der Waals surface area contributed by atoms with Gasteiger partial charge < -0.3 is 15.2 Å². The SMILES string of the molecule is CN(C)/C=C\C=C\[C@H](CCN)N[S+]([O-])C(C)(C)C. The van der Waals surface area contributed by atoms with E-state index in [1.807, 2.05) is 64.2 Å². The second-order valence-corrected chi connectivity index (χ2v) is 7.37. The van der Waals surface area contributed by atoms with Gasteiger partial charge in [0, 0.05) is 25.5 Å². The molecular weight excluding hydrogens is 246 g/mol. The van der Waals surface area contributed by atoms with Crippen LogP contribution in [0.3, 0.4) is 0 Å². The van der Waals surface area contributed by atoms with Gasteiger partial charge in [-0.3, -0.25) is 0 Å². The predicted octanol–water partition coefficient (Wildman–Crippen LogP) is 1.39. The Bertz CT molecular complexity index is 272. The van der Waals surface area contributed by atoms with Crippen molar-refractivity contribution in [2.45, 2.75) is 38.0 Å². The van der Waals surface area contributed by atoms with Crippen molar-refractivity contribution in [2.24, 2.45) is 5.73 Å². The molecule has 0 saturated heterocycles. The fourth-order valence-electron chi connectivity index (χ4n) is 1.11. The summed E-state index contributed by atoms with van der Waals surface area (Å²) >= 11 is -1.07. The molecule has 5 heteroatoms. The van der Waals surface area contributed by atoms with E-state index >= 15 is 0 Å². The summed E-state index contributed by atoms with van der Waals surface area (Å²) < 4.78 is 14.8. The van der Waals surface area contributed by atoms with E-state index in [9.17, 15) is 4.55 Å². The summed E-state index contributed by atoms with van der Waals surface area (Å²) in [5.74, 6) is 0. The van der Waals surface area contributed by atoms with Crippen LogP contribution in [0.2, 0.25) is 0 Å². The third-order valence-electron chi connectivity index (χ3n) is 2.13. The molecule has 2 atom stereocenters. The van der Waals surface area contributed by atoms with Crippen molar-refractivity contribution in [2.75, 3.05) is 20.6 Å². The monoisotopic (exact) mass is 273 g/mol. The fraction of sp³-hybridized carbons (Fsp3) is 0.692. The standard InChI is InChI=1S/C13H27N3OS/c1-13(2,3)18(17)15-12(9-10-14)8-6-7-11-16(4)5/h6-8,11-12,15H,9-10,14H2,1-5H3/b8-6+,11-7-/t12-,18?/m1/s1. The number of allylic oxidation sites excluding steroid dienone is 2. The van der Waals surface area contributed by atoms with Gasteiger partial charge in [-0.05, 0) is 46.0 Å². The zero-order valence-corrected chi connectivity index (χ0v) is 13.0. The molecule has 0 heterocycles. The maximum absolute atomic E-state index is 12.0. The Hall–Kier alpha value is -0.490. The molecule has 0 aromatic carbocycles. The van der Waals surface area contributed by atoms with Gasteiger partial charge in [0.25, 0.3) is 0 Å². The molecule has 0 aromatic rings.